The second-order valence-corrected chi connectivity index (χ2v) is 3.87. The molecule has 15 heavy (non-hydrogen) atoms. The molecule has 6 heteroatoms. The lowest BCUT2D eigenvalue weighted by Crippen LogP contribution is -1.86. The van der Waals surface area contributed by atoms with Crippen molar-refractivity contribution in [3.63, 3.8) is 0 Å². The van der Waals surface area contributed by atoms with Gasteiger partial charge in [0.1, 0.15) is 17.1 Å². The quantitative estimate of drug-likeness (QED) is 0.734. The highest BCUT2D eigenvalue weighted by molar-refractivity contribution is 7.99. The predicted molar refractivity (Wildman–Crippen MR) is 52.1 cm³/mol. The van der Waals surface area contributed by atoms with E-state index in [4.69, 9.17) is 4.42 Å². The highest BCUT2D eigenvalue weighted by Crippen LogP contribution is 2.26. The fourth-order valence-corrected chi connectivity index (χ4v) is 1.73. The Morgan fingerprint density at radius 1 is 1.33 bits per heavy atom. The van der Waals surface area contributed by atoms with Gasteiger partial charge >= 0.3 is 0 Å². The molecule has 0 atom stereocenters. The van der Waals surface area contributed by atoms with Gasteiger partial charge in [0.2, 0.25) is 5.95 Å². The van der Waals surface area contributed by atoms with Crippen molar-refractivity contribution in [1.29, 1.82) is 0 Å². The third kappa shape index (κ3) is 2.33. The molecule has 0 fully saturated rings. The van der Waals surface area contributed by atoms with Crippen molar-refractivity contribution in [3.8, 4) is 0 Å². The van der Waals surface area contributed by atoms with Gasteiger partial charge in [0, 0.05) is 6.07 Å². The first-order valence-corrected chi connectivity index (χ1v) is 5.06. The van der Waals surface area contributed by atoms with Crippen LogP contribution in [0.25, 0.3) is 0 Å². The smallest absolute Gasteiger partial charge is 0.262 e. The second-order valence-electron chi connectivity index (χ2n) is 2.90. The molecule has 0 N–H and O–H groups in total. The van der Waals surface area contributed by atoms with Gasteiger partial charge in [0.15, 0.2) is 0 Å². The minimum absolute atomic E-state index is 0.461. The minimum Gasteiger partial charge on any atom is -0.436 e. The van der Waals surface area contributed by atoms with Crippen molar-refractivity contribution in [2.75, 3.05) is 0 Å². The number of aryl methyl sites for hydroxylation is 2. The summed E-state index contributed by atoms with van der Waals surface area (Å²) in [5.74, 6) is 0.194. The highest BCUT2D eigenvalue weighted by Gasteiger charge is 2.08. The van der Waals surface area contributed by atoms with Crippen LogP contribution in [0, 0.1) is 19.8 Å². The molecule has 0 aliphatic carbocycles. The van der Waals surface area contributed by atoms with Crippen molar-refractivity contribution < 1.29 is 8.81 Å². The summed E-state index contributed by atoms with van der Waals surface area (Å²) >= 11 is 1.17. The zero-order valence-electron chi connectivity index (χ0n) is 8.19. The summed E-state index contributed by atoms with van der Waals surface area (Å²) < 4.78 is 18.1. The van der Waals surface area contributed by atoms with Gasteiger partial charge in [-0.3, -0.25) is 0 Å². The van der Waals surface area contributed by atoms with E-state index in [1.165, 1.54) is 24.2 Å². The van der Waals surface area contributed by atoms with E-state index < -0.39 is 5.95 Å². The molecule has 0 amide bonds. The van der Waals surface area contributed by atoms with E-state index >= 15 is 0 Å². The van der Waals surface area contributed by atoms with Crippen LogP contribution in [0.1, 0.15) is 11.5 Å². The molecule has 2 heterocycles. The molecule has 0 aromatic carbocycles. The van der Waals surface area contributed by atoms with E-state index in [2.05, 4.69) is 15.0 Å². The van der Waals surface area contributed by atoms with Crippen LogP contribution in [0.3, 0.4) is 0 Å². The molecular weight excluding hydrogens is 217 g/mol. The van der Waals surface area contributed by atoms with Crippen LogP contribution in [0.4, 0.5) is 4.39 Å². The lowest BCUT2D eigenvalue weighted by molar-refractivity contribution is 0.431. The summed E-state index contributed by atoms with van der Waals surface area (Å²) in [6.07, 6.45) is 1.17. The Kier molecular flexibility index (Phi) is 2.68. The second kappa shape index (κ2) is 3.98. The lowest BCUT2D eigenvalue weighted by Gasteiger charge is -1.94. The number of nitrogens with zero attached hydrogens (tertiary/aromatic N) is 3. The zero-order chi connectivity index (χ0) is 10.8. The molecule has 0 bridgehead atoms. The monoisotopic (exact) mass is 225 g/mol. The normalized spacial score (nSPS) is 10.6. The van der Waals surface area contributed by atoms with E-state index in [9.17, 15) is 4.39 Å². The molecule has 4 nitrogen and oxygen atoms in total. The van der Waals surface area contributed by atoms with Crippen molar-refractivity contribution in [1.82, 2.24) is 15.0 Å². The average Bonchev–Trinajstić information content (AvgIpc) is 2.45. The van der Waals surface area contributed by atoms with E-state index in [0.717, 1.165) is 11.5 Å². The molecule has 78 valence electrons. The number of oxazole rings is 1. The first kappa shape index (κ1) is 10.1. The molecule has 0 saturated heterocycles. The van der Waals surface area contributed by atoms with Gasteiger partial charge in [0.25, 0.3) is 5.22 Å². The first-order chi connectivity index (χ1) is 7.15. The van der Waals surface area contributed by atoms with Crippen LogP contribution in [-0.2, 0) is 0 Å². The van der Waals surface area contributed by atoms with E-state index in [0.29, 0.717) is 10.2 Å². The van der Waals surface area contributed by atoms with Crippen LogP contribution in [0.5, 0.6) is 0 Å². The third-order valence-electron chi connectivity index (χ3n) is 1.81. The lowest BCUT2D eigenvalue weighted by atomic mass is 10.4. The molecule has 0 saturated carbocycles. The SMILES string of the molecule is Cc1nc(Sc2cc(F)ncn2)oc1C. The molecule has 0 unspecified atom stereocenters. The van der Waals surface area contributed by atoms with Crippen molar-refractivity contribution in [2.24, 2.45) is 0 Å². The Morgan fingerprint density at radius 2 is 2.13 bits per heavy atom. The Morgan fingerprint density at radius 3 is 2.73 bits per heavy atom. The summed E-state index contributed by atoms with van der Waals surface area (Å²) in [6.45, 7) is 3.68. The number of rotatable bonds is 2. The summed E-state index contributed by atoms with van der Waals surface area (Å²) in [5, 5.41) is 0.937. The largest absolute Gasteiger partial charge is 0.436 e. The maximum Gasteiger partial charge on any atom is 0.262 e. The molecular formula is C9H8FN3OS. The van der Waals surface area contributed by atoms with Crippen LogP contribution < -0.4 is 0 Å². The zero-order valence-corrected chi connectivity index (χ0v) is 9.01. The topological polar surface area (TPSA) is 51.8 Å². The number of hydrogen-bond donors (Lipinski definition) is 0. The van der Waals surface area contributed by atoms with E-state index in [1.807, 2.05) is 13.8 Å². The van der Waals surface area contributed by atoms with Crippen LogP contribution in [0.15, 0.2) is 27.1 Å². The van der Waals surface area contributed by atoms with E-state index in [-0.39, 0.29) is 0 Å². The summed E-state index contributed by atoms with van der Waals surface area (Å²) in [5.41, 5.74) is 0.826. The fraction of sp³-hybridized carbons (Fsp3) is 0.222. The minimum atomic E-state index is -0.563. The number of hydrogen-bond acceptors (Lipinski definition) is 5. The number of halogens is 1. The van der Waals surface area contributed by atoms with Gasteiger partial charge in [-0.15, -0.1) is 0 Å². The van der Waals surface area contributed by atoms with Gasteiger partial charge in [-0.2, -0.15) is 4.39 Å². The van der Waals surface area contributed by atoms with Gasteiger partial charge < -0.3 is 4.42 Å². The highest BCUT2D eigenvalue weighted by atomic mass is 32.2. The molecule has 0 radical (unpaired) electrons. The molecule has 0 aliphatic heterocycles. The van der Waals surface area contributed by atoms with Gasteiger partial charge in [-0.1, -0.05) is 0 Å². The standard InChI is InChI=1S/C9H8FN3OS/c1-5-6(2)14-9(13-5)15-8-3-7(10)11-4-12-8/h3-4H,1-2H3. The first-order valence-electron chi connectivity index (χ1n) is 4.24. The summed E-state index contributed by atoms with van der Waals surface area (Å²) in [6, 6.07) is 1.24. The van der Waals surface area contributed by atoms with Crippen molar-refractivity contribution in [2.45, 2.75) is 24.1 Å². The molecule has 2 aromatic rings. The predicted octanol–water partition coefficient (Wildman–Crippen LogP) is 2.37. The Balaban J connectivity index is 2.22. The maximum atomic E-state index is 12.7. The van der Waals surface area contributed by atoms with Crippen LogP contribution in [-0.4, -0.2) is 15.0 Å². The fourth-order valence-electron chi connectivity index (χ4n) is 0.950. The van der Waals surface area contributed by atoms with Crippen LogP contribution in [0.2, 0.25) is 0 Å². The van der Waals surface area contributed by atoms with Crippen LogP contribution >= 0.6 is 11.8 Å². The average molecular weight is 225 g/mol. The Labute approximate surface area is 90.0 Å². The van der Waals surface area contributed by atoms with Gasteiger partial charge in [-0.25, -0.2) is 15.0 Å². The molecule has 0 aliphatic rings. The van der Waals surface area contributed by atoms with E-state index in [1.54, 1.807) is 0 Å². The molecule has 2 rings (SSSR count). The third-order valence-corrected chi connectivity index (χ3v) is 2.59. The number of aromatic nitrogens is 3. The molecule has 2 aromatic heterocycles. The van der Waals surface area contributed by atoms with Gasteiger partial charge in [-0.05, 0) is 25.6 Å². The van der Waals surface area contributed by atoms with Crippen molar-refractivity contribution in [3.05, 3.63) is 29.8 Å². The Bertz CT molecular complexity index is 466. The van der Waals surface area contributed by atoms with Gasteiger partial charge in [0.05, 0.1) is 5.69 Å². The Hall–Kier alpha value is -1.43. The maximum absolute atomic E-state index is 12.7. The molecule has 0 spiro atoms. The van der Waals surface area contributed by atoms with Crippen molar-refractivity contribution >= 4 is 11.8 Å². The summed E-state index contributed by atoms with van der Waals surface area (Å²) in [4.78, 5) is 11.4. The summed E-state index contributed by atoms with van der Waals surface area (Å²) in [7, 11) is 0.